The fraction of sp³-hybridized carbons (Fsp3) is 0.231. The molecule has 0 N–H and O–H groups in total. The minimum atomic E-state index is -1.05. The van der Waals surface area contributed by atoms with Gasteiger partial charge in [-0.05, 0) is 33.6 Å². The number of thiophene rings is 1. The molecule has 1 aromatic heterocycles. The third kappa shape index (κ3) is 2.64. The van der Waals surface area contributed by atoms with Crippen molar-refractivity contribution in [2.45, 2.75) is 5.92 Å². The maximum absolute atomic E-state index is 11.7. The van der Waals surface area contributed by atoms with Crippen LogP contribution in [-0.2, 0) is 19.1 Å². The van der Waals surface area contributed by atoms with Crippen molar-refractivity contribution in [2.75, 3.05) is 14.2 Å². The minimum Gasteiger partial charge on any atom is -0.468 e. The van der Waals surface area contributed by atoms with Crippen LogP contribution in [0.3, 0.4) is 0 Å². The van der Waals surface area contributed by atoms with Crippen LogP contribution in [0.25, 0.3) is 10.1 Å². The van der Waals surface area contributed by atoms with Gasteiger partial charge in [-0.3, -0.25) is 9.59 Å². The van der Waals surface area contributed by atoms with Crippen molar-refractivity contribution in [3.05, 3.63) is 33.6 Å². The lowest BCUT2D eigenvalue weighted by Gasteiger charge is -2.12. The number of hydrogen-bond acceptors (Lipinski definition) is 5. The Labute approximate surface area is 122 Å². The van der Waals surface area contributed by atoms with Crippen LogP contribution in [0.1, 0.15) is 11.5 Å². The average molecular weight is 343 g/mol. The summed E-state index contributed by atoms with van der Waals surface area (Å²) in [5.74, 6) is -2.30. The lowest BCUT2D eigenvalue weighted by atomic mass is 9.98. The van der Waals surface area contributed by atoms with Gasteiger partial charge in [0.25, 0.3) is 0 Å². The highest BCUT2D eigenvalue weighted by molar-refractivity contribution is 9.10. The van der Waals surface area contributed by atoms with E-state index < -0.39 is 17.9 Å². The Kier molecular flexibility index (Phi) is 4.21. The molecule has 4 nitrogen and oxygen atoms in total. The first-order valence-corrected chi connectivity index (χ1v) is 7.08. The highest BCUT2D eigenvalue weighted by Crippen LogP contribution is 2.33. The van der Waals surface area contributed by atoms with Gasteiger partial charge >= 0.3 is 11.9 Å². The number of hydrogen-bond donors (Lipinski definition) is 0. The smallest absolute Gasteiger partial charge is 0.324 e. The summed E-state index contributed by atoms with van der Waals surface area (Å²) in [6.07, 6.45) is 0. The van der Waals surface area contributed by atoms with E-state index in [4.69, 9.17) is 0 Å². The predicted molar refractivity (Wildman–Crippen MR) is 76.3 cm³/mol. The third-order valence-electron chi connectivity index (χ3n) is 2.76. The minimum absolute atomic E-state index is 0.560. The fourth-order valence-corrected chi connectivity index (χ4v) is 3.34. The number of benzene rings is 1. The maximum Gasteiger partial charge on any atom is 0.324 e. The summed E-state index contributed by atoms with van der Waals surface area (Å²) in [5.41, 5.74) is 0.560. The molecule has 0 aliphatic carbocycles. The molecule has 0 atom stereocenters. The molecule has 0 aliphatic rings. The molecule has 2 rings (SSSR count). The molecule has 0 bridgehead atoms. The average Bonchev–Trinajstić information content (AvgIpc) is 2.80. The normalized spacial score (nSPS) is 10.7. The van der Waals surface area contributed by atoms with Crippen LogP contribution < -0.4 is 0 Å². The second kappa shape index (κ2) is 5.71. The maximum atomic E-state index is 11.7. The van der Waals surface area contributed by atoms with E-state index >= 15 is 0 Å². The standard InChI is InChI=1S/C13H11BrO4S/c1-17-12(15)11(13(16)18-2)7-3-4-10-8(5-7)9(14)6-19-10/h3-6,11H,1-2H3. The van der Waals surface area contributed by atoms with Crippen LogP contribution in [0, 0.1) is 0 Å². The van der Waals surface area contributed by atoms with Gasteiger partial charge in [0, 0.05) is 19.9 Å². The molecule has 2 aromatic rings. The zero-order valence-electron chi connectivity index (χ0n) is 10.3. The molecule has 0 fully saturated rings. The summed E-state index contributed by atoms with van der Waals surface area (Å²) >= 11 is 5.02. The first kappa shape index (κ1) is 14.0. The molecule has 0 radical (unpaired) electrons. The number of ether oxygens (including phenoxy) is 2. The van der Waals surface area contributed by atoms with E-state index in [9.17, 15) is 9.59 Å². The fourth-order valence-electron chi connectivity index (χ4n) is 1.80. The molecule has 1 aromatic carbocycles. The quantitative estimate of drug-likeness (QED) is 0.635. The van der Waals surface area contributed by atoms with Gasteiger partial charge in [-0.2, -0.15) is 0 Å². The number of carbonyl (C=O) groups is 2. The number of rotatable bonds is 3. The Hall–Kier alpha value is -1.40. The van der Waals surface area contributed by atoms with Gasteiger partial charge in [0.1, 0.15) is 0 Å². The van der Waals surface area contributed by atoms with Gasteiger partial charge in [-0.15, -0.1) is 11.3 Å². The van der Waals surface area contributed by atoms with E-state index in [2.05, 4.69) is 25.4 Å². The molecule has 100 valence electrons. The van der Waals surface area contributed by atoms with Crippen molar-refractivity contribution in [2.24, 2.45) is 0 Å². The number of carbonyl (C=O) groups excluding carboxylic acids is 2. The van der Waals surface area contributed by atoms with Gasteiger partial charge in [0.05, 0.1) is 14.2 Å². The Morgan fingerprint density at radius 1 is 1.21 bits per heavy atom. The number of fused-ring (bicyclic) bond motifs is 1. The topological polar surface area (TPSA) is 52.6 Å². The Bertz CT molecular complexity index is 619. The SMILES string of the molecule is COC(=O)C(C(=O)OC)c1ccc2scc(Br)c2c1. The van der Waals surface area contributed by atoms with E-state index in [-0.39, 0.29) is 0 Å². The second-order valence-electron chi connectivity index (χ2n) is 3.82. The number of esters is 2. The zero-order chi connectivity index (χ0) is 14.0. The van der Waals surface area contributed by atoms with Crippen LogP contribution in [0.5, 0.6) is 0 Å². The third-order valence-corrected chi connectivity index (χ3v) is 4.68. The molecule has 6 heteroatoms. The number of halogens is 1. The summed E-state index contributed by atoms with van der Waals surface area (Å²) < 4.78 is 11.3. The first-order valence-electron chi connectivity index (χ1n) is 5.40. The van der Waals surface area contributed by atoms with E-state index in [1.54, 1.807) is 23.5 Å². The van der Waals surface area contributed by atoms with Crippen LogP contribution in [0.2, 0.25) is 0 Å². The molecule has 0 saturated carbocycles. The molecular formula is C13H11BrO4S. The summed E-state index contributed by atoms with van der Waals surface area (Å²) in [5, 5.41) is 2.92. The van der Waals surface area contributed by atoms with Crippen LogP contribution >= 0.6 is 27.3 Å². The summed E-state index contributed by atoms with van der Waals surface area (Å²) in [4.78, 5) is 23.5. The molecule has 0 unspecified atom stereocenters. The van der Waals surface area contributed by atoms with Gasteiger partial charge in [0.2, 0.25) is 0 Å². The molecule has 0 saturated heterocycles. The largest absolute Gasteiger partial charge is 0.468 e. The molecule has 0 aliphatic heterocycles. The van der Waals surface area contributed by atoms with E-state index in [0.717, 1.165) is 14.6 Å². The highest BCUT2D eigenvalue weighted by atomic mass is 79.9. The van der Waals surface area contributed by atoms with Crippen LogP contribution in [-0.4, -0.2) is 26.2 Å². The van der Waals surface area contributed by atoms with Crippen molar-refractivity contribution in [1.29, 1.82) is 0 Å². The van der Waals surface area contributed by atoms with E-state index in [1.807, 2.05) is 11.4 Å². The summed E-state index contributed by atoms with van der Waals surface area (Å²) in [6.45, 7) is 0. The van der Waals surface area contributed by atoms with Crippen molar-refractivity contribution >= 4 is 49.3 Å². The zero-order valence-corrected chi connectivity index (χ0v) is 12.7. The summed E-state index contributed by atoms with van der Waals surface area (Å²) in [7, 11) is 2.49. The molecule has 19 heavy (non-hydrogen) atoms. The Morgan fingerprint density at radius 3 is 2.42 bits per heavy atom. The lowest BCUT2D eigenvalue weighted by Crippen LogP contribution is -2.24. The van der Waals surface area contributed by atoms with Crippen molar-refractivity contribution in [1.82, 2.24) is 0 Å². The number of methoxy groups -OCH3 is 2. The van der Waals surface area contributed by atoms with Gasteiger partial charge < -0.3 is 9.47 Å². The van der Waals surface area contributed by atoms with Gasteiger partial charge in [-0.1, -0.05) is 6.07 Å². The van der Waals surface area contributed by atoms with Crippen molar-refractivity contribution in [3.8, 4) is 0 Å². The van der Waals surface area contributed by atoms with Gasteiger partial charge in [-0.25, -0.2) is 0 Å². The van der Waals surface area contributed by atoms with Crippen LogP contribution in [0.4, 0.5) is 0 Å². The van der Waals surface area contributed by atoms with Crippen molar-refractivity contribution in [3.63, 3.8) is 0 Å². The van der Waals surface area contributed by atoms with E-state index in [1.165, 1.54) is 14.2 Å². The van der Waals surface area contributed by atoms with E-state index in [0.29, 0.717) is 5.56 Å². The first-order chi connectivity index (χ1) is 9.08. The predicted octanol–water partition coefficient (Wildman–Crippen LogP) is 3.09. The van der Waals surface area contributed by atoms with Crippen LogP contribution in [0.15, 0.2) is 28.1 Å². The Balaban J connectivity index is 2.52. The molecule has 0 amide bonds. The van der Waals surface area contributed by atoms with Gasteiger partial charge in [0.15, 0.2) is 5.92 Å². The highest BCUT2D eigenvalue weighted by Gasteiger charge is 2.30. The molecule has 0 spiro atoms. The monoisotopic (exact) mass is 342 g/mol. The lowest BCUT2D eigenvalue weighted by molar-refractivity contribution is -0.154. The van der Waals surface area contributed by atoms with Crippen molar-refractivity contribution < 1.29 is 19.1 Å². The molecular weight excluding hydrogens is 332 g/mol. The Morgan fingerprint density at radius 2 is 1.84 bits per heavy atom. The summed E-state index contributed by atoms with van der Waals surface area (Å²) in [6, 6.07) is 5.41. The second-order valence-corrected chi connectivity index (χ2v) is 5.58. The molecule has 1 heterocycles.